The molecule has 0 radical (unpaired) electrons. The second-order valence-corrected chi connectivity index (χ2v) is 30.2. The van der Waals surface area contributed by atoms with Gasteiger partial charge in [0.15, 0.2) is 7.83 Å². The van der Waals surface area contributed by atoms with Crippen LogP contribution in [-0.4, -0.2) is 39.1 Å². The van der Waals surface area contributed by atoms with E-state index >= 15 is 0 Å². The van der Waals surface area contributed by atoms with E-state index in [4.69, 9.17) is 14.9 Å². The summed E-state index contributed by atoms with van der Waals surface area (Å²) in [6, 6.07) is 1.33. The SMILES string of the molecule is C=C(C)C(=O)OCCCC1(C)CC[Si](C)(C(CC)C(CCCCCCCCCCCCCCCC)C(C)(C)N)[Si](C)(C)O1. The van der Waals surface area contributed by atoms with Gasteiger partial charge in [-0.25, -0.2) is 4.79 Å². The standard InChI is InChI=1S/C37H75NO3Si2/c1-11-13-14-15-16-17-18-19-20-21-22-23-24-25-27-33(36(5,6)38)34(12-2)43(10)31-29-37(7,41-42(43,8)9)28-26-30-40-35(39)32(3)4/h33-34H,3,11-31,38H2,1-2,4-10H3. The third-order valence-corrected chi connectivity index (χ3v) is 29.0. The molecule has 1 heterocycles. The molecule has 0 aliphatic carbocycles. The highest BCUT2D eigenvalue weighted by atomic mass is 29.3. The van der Waals surface area contributed by atoms with Crippen LogP contribution in [-0.2, 0) is 14.0 Å². The minimum absolute atomic E-state index is 0.113. The van der Waals surface area contributed by atoms with Gasteiger partial charge in [0.05, 0.1) is 19.8 Å². The molecule has 1 fully saturated rings. The smallest absolute Gasteiger partial charge is 0.333 e. The van der Waals surface area contributed by atoms with Gasteiger partial charge in [-0.1, -0.05) is 129 Å². The largest absolute Gasteiger partial charge is 0.462 e. The Labute approximate surface area is 271 Å². The molecule has 0 saturated carbocycles. The molecule has 0 bridgehead atoms. The van der Waals surface area contributed by atoms with Gasteiger partial charge in [-0.2, -0.15) is 0 Å². The Morgan fingerprint density at radius 3 is 1.81 bits per heavy atom. The number of hydrogen-bond acceptors (Lipinski definition) is 4. The molecule has 1 rings (SSSR count). The Bertz CT molecular complexity index is 795. The van der Waals surface area contributed by atoms with E-state index in [9.17, 15) is 4.79 Å². The first kappa shape index (κ1) is 40.6. The van der Waals surface area contributed by atoms with Crippen LogP contribution in [0.25, 0.3) is 0 Å². The molecular weight excluding hydrogens is 563 g/mol. The van der Waals surface area contributed by atoms with Crippen molar-refractivity contribution in [3.8, 4) is 0 Å². The lowest BCUT2D eigenvalue weighted by molar-refractivity contribution is -0.139. The van der Waals surface area contributed by atoms with Gasteiger partial charge in [-0.15, -0.1) is 0 Å². The number of carbonyl (C=O) groups excluding carboxylic acids is 1. The van der Waals surface area contributed by atoms with E-state index in [1.807, 2.05) is 0 Å². The second kappa shape index (κ2) is 19.9. The minimum Gasteiger partial charge on any atom is -0.462 e. The van der Waals surface area contributed by atoms with E-state index in [1.54, 1.807) is 6.92 Å². The molecule has 0 aromatic heterocycles. The Kier molecular flexibility index (Phi) is 18.8. The third-order valence-electron chi connectivity index (χ3n) is 11.0. The van der Waals surface area contributed by atoms with Gasteiger partial charge < -0.3 is 14.9 Å². The van der Waals surface area contributed by atoms with Crippen LogP contribution in [0.1, 0.15) is 164 Å². The number of nitrogens with two attached hydrogens (primary N) is 1. The number of esters is 1. The topological polar surface area (TPSA) is 61.5 Å². The van der Waals surface area contributed by atoms with Crippen LogP contribution in [0, 0.1) is 5.92 Å². The summed E-state index contributed by atoms with van der Waals surface area (Å²) in [6.07, 6.45) is 25.1. The molecule has 0 aromatic rings. The van der Waals surface area contributed by atoms with Gasteiger partial charge in [0, 0.05) is 11.1 Å². The highest BCUT2D eigenvalue weighted by Crippen LogP contribution is 2.52. The second-order valence-electron chi connectivity index (χ2n) is 15.8. The van der Waals surface area contributed by atoms with E-state index in [0.29, 0.717) is 23.6 Å². The number of hydrogen-bond donors (Lipinski definition) is 1. The van der Waals surface area contributed by atoms with Crippen molar-refractivity contribution in [2.75, 3.05) is 6.61 Å². The Morgan fingerprint density at radius 1 is 0.907 bits per heavy atom. The summed E-state index contributed by atoms with van der Waals surface area (Å²) >= 11 is 0. The fourth-order valence-electron chi connectivity index (χ4n) is 7.98. The van der Waals surface area contributed by atoms with Crippen molar-refractivity contribution < 1.29 is 14.0 Å². The first-order chi connectivity index (χ1) is 20.1. The summed E-state index contributed by atoms with van der Waals surface area (Å²) in [6.45, 7) is 25.1. The summed E-state index contributed by atoms with van der Waals surface area (Å²) in [5.74, 6) is 0.275. The predicted octanol–water partition coefficient (Wildman–Crippen LogP) is 11.4. The molecule has 1 saturated heterocycles. The average Bonchev–Trinajstić information content (AvgIpc) is 2.92. The van der Waals surface area contributed by atoms with Crippen LogP contribution < -0.4 is 5.73 Å². The zero-order valence-electron chi connectivity index (χ0n) is 30.5. The van der Waals surface area contributed by atoms with Gasteiger partial charge in [-0.3, -0.25) is 0 Å². The molecule has 43 heavy (non-hydrogen) atoms. The molecule has 0 amide bonds. The number of ether oxygens (including phenoxy) is 1. The summed E-state index contributed by atoms with van der Waals surface area (Å²) in [5, 5.41) is 0. The Hall–Kier alpha value is -0.436. The summed E-state index contributed by atoms with van der Waals surface area (Å²) in [7, 11) is -3.63. The lowest BCUT2D eigenvalue weighted by atomic mass is 9.80. The Balaban J connectivity index is 2.57. The van der Waals surface area contributed by atoms with Gasteiger partial charge in [-0.05, 0) is 77.9 Å². The quantitative estimate of drug-likeness (QED) is 0.0495. The molecule has 6 heteroatoms. The number of rotatable bonds is 24. The van der Waals surface area contributed by atoms with Crippen molar-refractivity contribution in [3.05, 3.63) is 12.2 Å². The zero-order chi connectivity index (χ0) is 32.6. The van der Waals surface area contributed by atoms with Crippen LogP contribution in [0.3, 0.4) is 0 Å². The lowest BCUT2D eigenvalue weighted by Gasteiger charge is -2.57. The van der Waals surface area contributed by atoms with Crippen molar-refractivity contribution in [2.24, 2.45) is 11.7 Å². The van der Waals surface area contributed by atoms with Crippen molar-refractivity contribution in [3.63, 3.8) is 0 Å². The fourth-order valence-corrected chi connectivity index (χ4v) is 22.5. The molecule has 4 nitrogen and oxygen atoms in total. The molecule has 0 spiro atoms. The molecule has 1 aliphatic rings. The van der Waals surface area contributed by atoms with Gasteiger partial charge in [0.2, 0.25) is 0 Å². The summed E-state index contributed by atoms with van der Waals surface area (Å²) in [4.78, 5) is 11.8. The van der Waals surface area contributed by atoms with Gasteiger partial charge in [0.1, 0.15) is 0 Å². The zero-order valence-corrected chi connectivity index (χ0v) is 32.5. The molecule has 0 aromatic carbocycles. The van der Waals surface area contributed by atoms with E-state index in [1.165, 1.54) is 109 Å². The van der Waals surface area contributed by atoms with Crippen molar-refractivity contribution in [1.82, 2.24) is 0 Å². The maximum atomic E-state index is 11.8. The minimum atomic E-state index is -1.93. The van der Waals surface area contributed by atoms with Crippen LogP contribution in [0.5, 0.6) is 0 Å². The summed E-state index contributed by atoms with van der Waals surface area (Å²) < 4.78 is 12.6. The van der Waals surface area contributed by atoms with Crippen LogP contribution >= 0.6 is 0 Å². The van der Waals surface area contributed by atoms with Crippen LogP contribution in [0.2, 0.25) is 31.2 Å². The highest BCUT2D eigenvalue weighted by Gasteiger charge is 2.59. The molecule has 1 aliphatic heterocycles. The first-order valence-corrected chi connectivity index (χ1v) is 25.1. The van der Waals surface area contributed by atoms with E-state index in [2.05, 4.69) is 60.8 Å². The molecule has 4 unspecified atom stereocenters. The Morgan fingerprint density at radius 2 is 1.40 bits per heavy atom. The summed E-state index contributed by atoms with van der Waals surface area (Å²) in [5.41, 5.74) is 7.89. The molecule has 4 atom stereocenters. The lowest BCUT2D eigenvalue weighted by Crippen LogP contribution is -2.70. The van der Waals surface area contributed by atoms with E-state index in [-0.39, 0.29) is 17.1 Å². The third kappa shape index (κ3) is 14.3. The first-order valence-electron chi connectivity index (χ1n) is 18.4. The predicted molar refractivity (Wildman–Crippen MR) is 194 cm³/mol. The average molecular weight is 638 g/mol. The molecule has 2 N–H and O–H groups in total. The van der Waals surface area contributed by atoms with Crippen LogP contribution in [0.4, 0.5) is 0 Å². The van der Waals surface area contributed by atoms with Crippen molar-refractivity contribution in [1.29, 1.82) is 0 Å². The normalized spacial score (nSPS) is 23.6. The van der Waals surface area contributed by atoms with E-state index in [0.717, 1.165) is 19.3 Å². The maximum absolute atomic E-state index is 11.8. The highest BCUT2D eigenvalue weighted by molar-refractivity contribution is 7.39. The molecular formula is C37H75NO3Si2. The van der Waals surface area contributed by atoms with Crippen molar-refractivity contribution >= 4 is 21.4 Å². The number of carbonyl (C=O) groups is 1. The van der Waals surface area contributed by atoms with Gasteiger partial charge >= 0.3 is 5.97 Å². The molecule has 254 valence electrons. The maximum Gasteiger partial charge on any atom is 0.333 e. The van der Waals surface area contributed by atoms with Gasteiger partial charge in [0.25, 0.3) is 0 Å². The fraction of sp³-hybridized carbons (Fsp3) is 0.919. The van der Waals surface area contributed by atoms with E-state index < -0.39 is 15.4 Å². The number of unbranched alkanes of at least 4 members (excludes halogenated alkanes) is 13. The van der Waals surface area contributed by atoms with Crippen molar-refractivity contribution in [2.45, 2.75) is 206 Å². The monoisotopic (exact) mass is 638 g/mol. The van der Waals surface area contributed by atoms with Crippen LogP contribution in [0.15, 0.2) is 12.2 Å².